The summed E-state index contributed by atoms with van der Waals surface area (Å²) in [4.78, 5) is 15.0. The van der Waals surface area contributed by atoms with Gasteiger partial charge in [-0.1, -0.05) is 23.7 Å². The van der Waals surface area contributed by atoms with Crippen molar-refractivity contribution in [3.8, 4) is 6.07 Å². The Morgan fingerprint density at radius 2 is 1.41 bits per heavy atom. The number of halogens is 1. The number of hydrogen-bond donors (Lipinski definition) is 0. The van der Waals surface area contributed by atoms with Gasteiger partial charge in [-0.3, -0.25) is 9.97 Å². The van der Waals surface area contributed by atoms with Crippen molar-refractivity contribution >= 4 is 23.0 Å². The highest BCUT2D eigenvalue weighted by Crippen LogP contribution is 2.38. The molecular formula is C23H16ClN5. The maximum Gasteiger partial charge on any atom is 0.129 e. The van der Waals surface area contributed by atoms with E-state index >= 15 is 0 Å². The topological polar surface area (TPSA) is 65.7 Å². The van der Waals surface area contributed by atoms with Gasteiger partial charge in [0.1, 0.15) is 5.15 Å². The maximum atomic E-state index is 9.18. The average Bonchev–Trinajstić information content (AvgIpc) is 2.79. The monoisotopic (exact) mass is 397 g/mol. The summed E-state index contributed by atoms with van der Waals surface area (Å²) < 4.78 is 0. The van der Waals surface area contributed by atoms with E-state index in [0.29, 0.717) is 10.7 Å². The Labute approximate surface area is 173 Å². The van der Waals surface area contributed by atoms with E-state index in [4.69, 9.17) is 11.6 Å². The first-order chi connectivity index (χ1) is 14.3. The molecule has 5 nitrogen and oxygen atoms in total. The summed E-state index contributed by atoms with van der Waals surface area (Å²) in [5, 5.41) is 9.60. The zero-order chi connectivity index (χ0) is 20.1. The Balaban J connectivity index is 1.92. The highest BCUT2D eigenvalue weighted by atomic mass is 35.5. The summed E-state index contributed by atoms with van der Waals surface area (Å²) >= 11 is 6.03. The van der Waals surface area contributed by atoms with Crippen molar-refractivity contribution < 1.29 is 0 Å². The van der Waals surface area contributed by atoms with E-state index in [0.717, 1.165) is 22.5 Å². The number of hydrogen-bond acceptors (Lipinski definition) is 5. The Hall–Kier alpha value is -3.75. The van der Waals surface area contributed by atoms with Gasteiger partial charge in [-0.15, -0.1) is 0 Å². The van der Waals surface area contributed by atoms with Crippen molar-refractivity contribution in [1.29, 1.82) is 5.26 Å². The van der Waals surface area contributed by atoms with Crippen LogP contribution < -0.4 is 4.90 Å². The van der Waals surface area contributed by atoms with Gasteiger partial charge >= 0.3 is 0 Å². The summed E-state index contributed by atoms with van der Waals surface area (Å²) in [5.74, 6) is 0. The highest BCUT2D eigenvalue weighted by Gasteiger charge is 2.25. The third-order valence-electron chi connectivity index (χ3n) is 4.52. The first-order valence-corrected chi connectivity index (χ1v) is 9.35. The van der Waals surface area contributed by atoms with Gasteiger partial charge in [-0.05, 0) is 59.7 Å². The molecule has 4 aromatic rings. The molecule has 4 rings (SSSR count). The normalized spacial score (nSPS) is 10.5. The van der Waals surface area contributed by atoms with Crippen LogP contribution in [-0.4, -0.2) is 15.0 Å². The molecule has 0 aliphatic heterocycles. The molecule has 0 aliphatic carbocycles. The molecule has 0 radical (unpaired) electrons. The van der Waals surface area contributed by atoms with E-state index in [-0.39, 0.29) is 6.04 Å². The van der Waals surface area contributed by atoms with Gasteiger partial charge in [0.15, 0.2) is 0 Å². The number of anilines is 2. The van der Waals surface area contributed by atoms with Gasteiger partial charge in [0.2, 0.25) is 0 Å². The first-order valence-electron chi connectivity index (χ1n) is 8.97. The Kier molecular flexibility index (Phi) is 5.46. The fraction of sp³-hybridized carbons (Fsp3) is 0.0435. The van der Waals surface area contributed by atoms with Crippen LogP contribution in [0.2, 0.25) is 5.15 Å². The number of nitriles is 1. The summed E-state index contributed by atoms with van der Waals surface area (Å²) in [5.41, 5.74) is 4.37. The third-order valence-corrected chi connectivity index (χ3v) is 4.75. The quantitative estimate of drug-likeness (QED) is 0.426. The number of nitrogens with zero attached hydrogens (tertiary/aromatic N) is 5. The van der Waals surface area contributed by atoms with Crippen molar-refractivity contribution in [2.45, 2.75) is 6.04 Å². The smallest absolute Gasteiger partial charge is 0.129 e. The van der Waals surface area contributed by atoms with Gasteiger partial charge in [-0.2, -0.15) is 5.26 Å². The van der Waals surface area contributed by atoms with Crippen LogP contribution in [0.3, 0.4) is 0 Å². The average molecular weight is 398 g/mol. The molecule has 3 heterocycles. The van der Waals surface area contributed by atoms with Crippen molar-refractivity contribution in [2.75, 3.05) is 4.90 Å². The van der Waals surface area contributed by atoms with Crippen LogP contribution in [0.1, 0.15) is 22.7 Å². The number of rotatable bonds is 5. The molecule has 0 bridgehead atoms. The molecule has 29 heavy (non-hydrogen) atoms. The molecule has 140 valence electrons. The molecule has 1 aromatic carbocycles. The summed E-state index contributed by atoms with van der Waals surface area (Å²) in [7, 11) is 0. The maximum absolute atomic E-state index is 9.18. The van der Waals surface area contributed by atoms with Gasteiger partial charge < -0.3 is 4.90 Å². The lowest BCUT2D eigenvalue weighted by molar-refractivity contribution is 0.806. The molecule has 0 unspecified atom stereocenters. The van der Waals surface area contributed by atoms with Gasteiger partial charge in [0, 0.05) is 30.5 Å². The Bertz CT molecular complexity index is 1070. The van der Waals surface area contributed by atoms with Crippen LogP contribution in [0, 0.1) is 11.3 Å². The highest BCUT2D eigenvalue weighted by molar-refractivity contribution is 6.29. The third kappa shape index (κ3) is 4.08. The molecule has 0 fully saturated rings. The Morgan fingerprint density at radius 3 is 1.90 bits per heavy atom. The van der Waals surface area contributed by atoms with Crippen LogP contribution in [0.5, 0.6) is 0 Å². The van der Waals surface area contributed by atoms with E-state index in [9.17, 15) is 5.26 Å². The second-order valence-corrected chi connectivity index (χ2v) is 6.73. The van der Waals surface area contributed by atoms with Crippen LogP contribution >= 0.6 is 11.6 Å². The standard InChI is InChI=1S/C23H16ClN5/c24-22-10-9-21(16-28-22)29(20-7-5-17(13-25)6-8-20)23(18-3-1-11-26-14-18)19-4-2-12-27-15-19/h1-12,14-16,23H. The van der Waals surface area contributed by atoms with Crippen LogP contribution in [0.25, 0.3) is 0 Å². The zero-order valence-corrected chi connectivity index (χ0v) is 16.1. The minimum Gasteiger partial charge on any atom is -0.328 e. The molecule has 6 heteroatoms. The second kappa shape index (κ2) is 8.51. The predicted molar refractivity (Wildman–Crippen MR) is 113 cm³/mol. The SMILES string of the molecule is N#Cc1ccc(N(c2ccc(Cl)nc2)C(c2cccnc2)c2cccnc2)cc1. The van der Waals surface area contributed by atoms with Crippen LogP contribution in [-0.2, 0) is 0 Å². The van der Waals surface area contributed by atoms with Crippen molar-refractivity contribution in [3.63, 3.8) is 0 Å². The predicted octanol–water partition coefficient (Wildman–Crippen LogP) is 5.32. The molecule has 0 spiro atoms. The van der Waals surface area contributed by atoms with Crippen molar-refractivity contribution in [3.05, 3.63) is 113 Å². The van der Waals surface area contributed by atoms with Crippen molar-refractivity contribution in [1.82, 2.24) is 15.0 Å². The minimum absolute atomic E-state index is 0.201. The number of benzene rings is 1. The van der Waals surface area contributed by atoms with E-state index in [1.165, 1.54) is 0 Å². The lowest BCUT2D eigenvalue weighted by Crippen LogP contribution is -2.25. The first kappa shape index (κ1) is 18.6. The van der Waals surface area contributed by atoms with Crippen LogP contribution in [0.4, 0.5) is 11.4 Å². The molecule has 0 N–H and O–H groups in total. The fourth-order valence-electron chi connectivity index (χ4n) is 3.22. The lowest BCUT2D eigenvalue weighted by atomic mass is 9.98. The molecule has 0 aliphatic rings. The Morgan fingerprint density at radius 1 is 0.793 bits per heavy atom. The second-order valence-electron chi connectivity index (χ2n) is 6.34. The molecule has 0 atom stereocenters. The van der Waals surface area contributed by atoms with Gasteiger partial charge in [-0.25, -0.2) is 4.98 Å². The van der Waals surface area contributed by atoms with Gasteiger partial charge in [0.05, 0.1) is 29.6 Å². The summed E-state index contributed by atoms with van der Waals surface area (Å²) in [6.07, 6.45) is 8.93. The largest absolute Gasteiger partial charge is 0.328 e. The van der Waals surface area contributed by atoms with Gasteiger partial charge in [0.25, 0.3) is 0 Å². The molecule has 0 saturated heterocycles. The minimum atomic E-state index is -0.201. The lowest BCUT2D eigenvalue weighted by Gasteiger charge is -2.34. The van der Waals surface area contributed by atoms with Crippen molar-refractivity contribution in [2.24, 2.45) is 0 Å². The van der Waals surface area contributed by atoms with E-state index in [2.05, 4.69) is 25.9 Å². The molecule has 0 saturated carbocycles. The summed E-state index contributed by atoms with van der Waals surface area (Å²) in [6, 6.07) is 21.0. The van der Waals surface area contributed by atoms with E-state index in [1.807, 2.05) is 54.9 Å². The molecular weight excluding hydrogens is 382 g/mol. The van der Waals surface area contributed by atoms with Crippen LogP contribution in [0.15, 0.2) is 91.6 Å². The molecule has 3 aromatic heterocycles. The molecule has 0 amide bonds. The van der Waals surface area contributed by atoms with E-state index < -0.39 is 0 Å². The fourth-order valence-corrected chi connectivity index (χ4v) is 3.33. The number of aromatic nitrogens is 3. The van der Waals surface area contributed by atoms with E-state index in [1.54, 1.807) is 36.8 Å². The zero-order valence-electron chi connectivity index (χ0n) is 15.4. The number of pyridine rings is 3. The summed E-state index contributed by atoms with van der Waals surface area (Å²) in [6.45, 7) is 0.